The molecule has 0 aromatic rings. The fourth-order valence-electron chi connectivity index (χ4n) is 7.33. The van der Waals surface area contributed by atoms with E-state index in [4.69, 9.17) is 18.9 Å². The Balaban J connectivity index is 1.89. The van der Waals surface area contributed by atoms with Gasteiger partial charge in [-0.15, -0.1) is 0 Å². The number of aliphatic hydroxyl groups is 8. The molecule has 2 heterocycles. The summed E-state index contributed by atoms with van der Waals surface area (Å²) in [5, 5.41) is 86.3. The van der Waals surface area contributed by atoms with Gasteiger partial charge in [0.05, 0.1) is 32.0 Å². The summed E-state index contributed by atoms with van der Waals surface area (Å²) < 4.78 is 22.6. The van der Waals surface area contributed by atoms with E-state index in [1.54, 1.807) is 6.08 Å². The number of allylic oxidation sites excluding steroid dienone is 5. The smallest absolute Gasteiger partial charge is 0.220 e. The zero-order valence-corrected chi connectivity index (χ0v) is 36.0. The first-order valence-electron chi connectivity index (χ1n) is 22.7. The molecule has 14 nitrogen and oxygen atoms in total. The minimum absolute atomic E-state index is 0.257. The predicted molar refractivity (Wildman–Crippen MR) is 226 cm³/mol. The maximum Gasteiger partial charge on any atom is 0.220 e. The number of amides is 1. The second-order valence-corrected chi connectivity index (χ2v) is 16.1. The third kappa shape index (κ3) is 21.2. The van der Waals surface area contributed by atoms with Crippen molar-refractivity contribution in [1.29, 1.82) is 0 Å². The van der Waals surface area contributed by atoms with Crippen LogP contribution in [0.2, 0.25) is 0 Å². The third-order valence-electron chi connectivity index (χ3n) is 11.1. The summed E-state index contributed by atoms with van der Waals surface area (Å²) in [7, 11) is 0. The van der Waals surface area contributed by atoms with Crippen molar-refractivity contribution in [2.75, 3.05) is 19.8 Å². The zero-order chi connectivity index (χ0) is 43.3. The largest absolute Gasteiger partial charge is 0.394 e. The molecule has 1 amide bonds. The highest BCUT2D eigenvalue weighted by molar-refractivity contribution is 5.76. The number of rotatable bonds is 33. The van der Waals surface area contributed by atoms with E-state index in [1.807, 2.05) is 6.08 Å². The fourth-order valence-corrected chi connectivity index (χ4v) is 7.33. The summed E-state index contributed by atoms with van der Waals surface area (Å²) in [6.07, 6.45) is 17.8. The van der Waals surface area contributed by atoms with Crippen molar-refractivity contribution in [1.82, 2.24) is 5.32 Å². The van der Waals surface area contributed by atoms with E-state index < -0.39 is 86.8 Å². The van der Waals surface area contributed by atoms with Crippen LogP contribution < -0.4 is 5.32 Å². The van der Waals surface area contributed by atoms with Crippen molar-refractivity contribution in [3.05, 3.63) is 36.5 Å². The second-order valence-electron chi connectivity index (χ2n) is 16.1. The lowest BCUT2D eigenvalue weighted by molar-refractivity contribution is -0.359. The molecule has 2 rings (SSSR count). The van der Waals surface area contributed by atoms with E-state index in [1.165, 1.54) is 70.6 Å². The van der Waals surface area contributed by atoms with Gasteiger partial charge in [-0.1, -0.05) is 140 Å². The highest BCUT2D eigenvalue weighted by Gasteiger charge is 2.50. The van der Waals surface area contributed by atoms with Gasteiger partial charge >= 0.3 is 0 Å². The van der Waals surface area contributed by atoms with Crippen molar-refractivity contribution < 1.29 is 64.6 Å². The predicted octanol–water partition coefficient (Wildman–Crippen LogP) is 4.37. The summed E-state index contributed by atoms with van der Waals surface area (Å²) in [6, 6.07) is -0.931. The van der Waals surface area contributed by atoms with Crippen molar-refractivity contribution in [2.45, 2.75) is 222 Å². The fraction of sp³-hybridized carbons (Fsp3) is 0.844. The van der Waals surface area contributed by atoms with E-state index in [-0.39, 0.29) is 18.9 Å². The molecule has 0 aromatic carbocycles. The normalized spacial score (nSPS) is 28.8. The Bertz CT molecular complexity index is 1140. The molecular formula is C45H81NO13. The zero-order valence-electron chi connectivity index (χ0n) is 36.0. The molecule has 14 heteroatoms. The molecule has 2 aliphatic heterocycles. The van der Waals surface area contributed by atoms with Gasteiger partial charge in [-0.2, -0.15) is 0 Å². The van der Waals surface area contributed by atoms with E-state index in [9.17, 15) is 45.6 Å². The number of unbranched alkanes of at least 4 members (excludes halogenated alkanes) is 16. The highest BCUT2D eigenvalue weighted by Crippen LogP contribution is 2.30. The van der Waals surface area contributed by atoms with Crippen LogP contribution in [-0.2, 0) is 23.7 Å². The summed E-state index contributed by atoms with van der Waals surface area (Å²) in [5.74, 6) is -0.257. The first kappa shape index (κ1) is 53.3. The Hall–Kier alpha value is -1.79. The van der Waals surface area contributed by atoms with Gasteiger partial charge in [-0.25, -0.2) is 0 Å². The van der Waals surface area contributed by atoms with Crippen LogP contribution in [0.4, 0.5) is 0 Å². The van der Waals surface area contributed by atoms with Gasteiger partial charge in [0.1, 0.15) is 48.8 Å². The molecule has 59 heavy (non-hydrogen) atoms. The average Bonchev–Trinajstić information content (AvgIpc) is 3.23. The quantitative estimate of drug-likeness (QED) is 0.0331. The van der Waals surface area contributed by atoms with E-state index in [0.717, 1.165) is 44.9 Å². The lowest BCUT2D eigenvalue weighted by Gasteiger charge is -2.46. The summed E-state index contributed by atoms with van der Waals surface area (Å²) >= 11 is 0. The molecule has 0 aromatic heterocycles. The first-order chi connectivity index (χ1) is 28.6. The molecular weight excluding hydrogens is 762 g/mol. The van der Waals surface area contributed by atoms with Gasteiger partial charge in [0.2, 0.25) is 5.91 Å². The van der Waals surface area contributed by atoms with Crippen molar-refractivity contribution in [3.63, 3.8) is 0 Å². The van der Waals surface area contributed by atoms with Crippen LogP contribution in [-0.4, -0.2) is 140 Å². The number of aliphatic hydroxyl groups excluding tert-OH is 8. The maximum atomic E-state index is 13.1. The standard InChI is InChI=1S/C45H81NO13/c1-3-5-7-9-11-13-15-16-17-18-19-21-23-25-27-29-37(50)46-33(34(49)28-26-24-22-20-14-12-10-8-6-4-2)32-56-44-42(55)40(53)43(36(31-48)58-44)59-45-41(54)39(52)38(51)35(30-47)57-45/h6,8,14,20,26,28,33-36,38-45,47-49,51-55H,3-5,7,9-13,15-19,21-25,27,29-32H2,1-2H3,(H,46,50)/b8-6+,20-14+,28-26+. The highest BCUT2D eigenvalue weighted by atomic mass is 16.7. The molecule has 0 bridgehead atoms. The van der Waals surface area contributed by atoms with Crippen LogP contribution in [0.1, 0.15) is 149 Å². The van der Waals surface area contributed by atoms with Crippen LogP contribution in [0.15, 0.2) is 36.5 Å². The monoisotopic (exact) mass is 844 g/mol. The molecule has 344 valence electrons. The van der Waals surface area contributed by atoms with Gasteiger partial charge in [-0.05, 0) is 38.5 Å². The number of carbonyl (C=O) groups excluding carboxylic acids is 1. The van der Waals surface area contributed by atoms with Gasteiger partial charge < -0.3 is 65.1 Å². The molecule has 0 aliphatic carbocycles. The topological polar surface area (TPSA) is 228 Å². The number of hydrogen-bond acceptors (Lipinski definition) is 13. The molecule has 2 saturated heterocycles. The molecule has 9 N–H and O–H groups in total. The Labute approximate surface area is 353 Å². The van der Waals surface area contributed by atoms with Crippen LogP contribution in [0.5, 0.6) is 0 Å². The second kappa shape index (κ2) is 32.9. The molecule has 12 atom stereocenters. The molecule has 0 spiro atoms. The van der Waals surface area contributed by atoms with Crippen LogP contribution in [0.3, 0.4) is 0 Å². The minimum atomic E-state index is -1.79. The molecule has 2 aliphatic rings. The molecule has 0 saturated carbocycles. The Kier molecular flexibility index (Phi) is 29.7. The van der Waals surface area contributed by atoms with Crippen LogP contribution in [0.25, 0.3) is 0 Å². The number of ether oxygens (including phenoxy) is 4. The summed E-state index contributed by atoms with van der Waals surface area (Å²) in [5.41, 5.74) is 0. The maximum absolute atomic E-state index is 13.1. The van der Waals surface area contributed by atoms with Gasteiger partial charge in [0, 0.05) is 6.42 Å². The molecule has 12 unspecified atom stereocenters. The van der Waals surface area contributed by atoms with Crippen LogP contribution in [0, 0.1) is 0 Å². The van der Waals surface area contributed by atoms with Crippen molar-refractivity contribution in [3.8, 4) is 0 Å². The van der Waals surface area contributed by atoms with Crippen molar-refractivity contribution >= 4 is 5.91 Å². The Morgan fingerprint density at radius 1 is 0.610 bits per heavy atom. The van der Waals surface area contributed by atoms with Gasteiger partial charge in [-0.3, -0.25) is 4.79 Å². The lowest BCUT2D eigenvalue weighted by atomic mass is 9.97. The van der Waals surface area contributed by atoms with Gasteiger partial charge in [0.15, 0.2) is 12.6 Å². The SMILES string of the molecule is CC/C=C/CC/C=C/CC/C=C/C(O)C(COC1OC(CO)C(OC2OC(CO)C(O)C(O)C2O)C(O)C1O)NC(=O)CCCCCCCCCCCCCCCCC. The Morgan fingerprint density at radius 3 is 1.64 bits per heavy atom. The van der Waals surface area contributed by atoms with Crippen molar-refractivity contribution in [2.24, 2.45) is 0 Å². The van der Waals surface area contributed by atoms with E-state index in [0.29, 0.717) is 12.8 Å². The van der Waals surface area contributed by atoms with Crippen LogP contribution >= 0.6 is 0 Å². The summed E-state index contributed by atoms with van der Waals surface area (Å²) in [6.45, 7) is 2.61. The number of hydrogen-bond donors (Lipinski definition) is 9. The average molecular weight is 844 g/mol. The van der Waals surface area contributed by atoms with E-state index >= 15 is 0 Å². The lowest BCUT2D eigenvalue weighted by Crippen LogP contribution is -2.65. The van der Waals surface area contributed by atoms with Gasteiger partial charge in [0.25, 0.3) is 0 Å². The number of carbonyl (C=O) groups is 1. The molecule has 0 radical (unpaired) electrons. The first-order valence-corrected chi connectivity index (χ1v) is 22.7. The third-order valence-corrected chi connectivity index (χ3v) is 11.1. The minimum Gasteiger partial charge on any atom is -0.394 e. The summed E-state index contributed by atoms with van der Waals surface area (Å²) in [4.78, 5) is 13.1. The Morgan fingerprint density at radius 2 is 1.10 bits per heavy atom. The van der Waals surface area contributed by atoms with E-state index in [2.05, 4.69) is 43.5 Å². The molecule has 2 fully saturated rings. The number of nitrogens with one attached hydrogen (secondary N) is 1.